The number of halogens is 1. The van der Waals surface area contributed by atoms with Gasteiger partial charge in [-0.25, -0.2) is 15.0 Å². The molecule has 1 aromatic carbocycles. The number of aliphatic hydroxyl groups excluding tert-OH is 1. The molecular weight excluding hydrogens is 524 g/mol. The van der Waals surface area contributed by atoms with Crippen LogP contribution in [0.4, 0.5) is 17.3 Å². The van der Waals surface area contributed by atoms with Gasteiger partial charge < -0.3 is 19.9 Å². The van der Waals surface area contributed by atoms with Gasteiger partial charge in [-0.3, -0.25) is 4.68 Å². The number of hydrogen-bond donors (Lipinski definition) is 2. The molecule has 4 aromatic rings. The molecule has 38 heavy (non-hydrogen) atoms. The topological polar surface area (TPSA) is 118 Å². The molecule has 2 N–H and O–H groups in total. The highest BCUT2D eigenvalue weighted by molar-refractivity contribution is 7.88. The molecule has 1 saturated heterocycles. The summed E-state index contributed by atoms with van der Waals surface area (Å²) in [6.45, 7) is 6.32. The second-order valence-corrected chi connectivity index (χ2v) is 11.5. The predicted molar refractivity (Wildman–Crippen MR) is 152 cm³/mol. The van der Waals surface area contributed by atoms with Crippen LogP contribution >= 0.6 is 11.6 Å². The number of anilines is 3. The minimum atomic E-state index is -0.982. The zero-order valence-electron chi connectivity index (χ0n) is 21.8. The van der Waals surface area contributed by atoms with E-state index in [-0.39, 0.29) is 17.8 Å². The first kappa shape index (κ1) is 26.6. The second kappa shape index (κ2) is 11.0. The summed E-state index contributed by atoms with van der Waals surface area (Å²) in [5, 5.41) is 19.2. The molecule has 1 fully saturated rings. The van der Waals surface area contributed by atoms with Crippen LogP contribution in [0.25, 0.3) is 22.2 Å². The molecule has 0 bridgehead atoms. The predicted octanol–water partition coefficient (Wildman–Crippen LogP) is 3.81. The summed E-state index contributed by atoms with van der Waals surface area (Å²) < 4.78 is 15.3. The highest BCUT2D eigenvalue weighted by atomic mass is 35.5. The molecule has 0 saturated carbocycles. The van der Waals surface area contributed by atoms with E-state index in [4.69, 9.17) is 16.6 Å². The fraction of sp³-hybridized carbons (Fsp3) is 0.385. The lowest BCUT2D eigenvalue weighted by Crippen LogP contribution is -2.59. The van der Waals surface area contributed by atoms with Crippen molar-refractivity contribution < 1.29 is 9.66 Å². The molecule has 200 valence electrons. The molecule has 0 radical (unpaired) electrons. The Labute approximate surface area is 230 Å². The van der Waals surface area contributed by atoms with Gasteiger partial charge in [0.05, 0.1) is 24.8 Å². The van der Waals surface area contributed by atoms with Crippen LogP contribution in [-0.4, -0.2) is 77.7 Å². The standard InChI is InChI=1S/C26H31ClN8O2S/c1-16(2)18-5-6-22(34-13-17(14-34)33(3)38(4)37)20-12-29-24(11-19(18)20)30-23-7-8-28-26(31-23)21-15-35(9-10-36)32-25(21)27/h5-8,11-12,15-17,36H,9-10,13-14H2,1-4H3,(H,28,29,30,31). The van der Waals surface area contributed by atoms with Crippen LogP contribution in [0.1, 0.15) is 25.3 Å². The number of rotatable bonds is 9. The van der Waals surface area contributed by atoms with Crippen LogP contribution in [0.5, 0.6) is 0 Å². The summed E-state index contributed by atoms with van der Waals surface area (Å²) in [6, 6.07) is 8.46. The Kier molecular flexibility index (Phi) is 7.73. The number of nitrogens with one attached hydrogen (secondary N) is 1. The van der Waals surface area contributed by atoms with Crippen molar-refractivity contribution in [2.24, 2.45) is 0 Å². The Bertz CT molecular complexity index is 1440. The number of nitrogens with zero attached hydrogens (tertiary/aromatic N) is 7. The first-order valence-corrected chi connectivity index (χ1v) is 14.3. The van der Waals surface area contributed by atoms with Crippen LogP contribution in [0.15, 0.2) is 42.9 Å². The van der Waals surface area contributed by atoms with E-state index in [1.165, 1.54) is 5.56 Å². The molecule has 0 spiro atoms. The molecule has 0 aliphatic carbocycles. The van der Waals surface area contributed by atoms with Crippen LogP contribution < -0.4 is 10.2 Å². The molecule has 12 heteroatoms. The summed E-state index contributed by atoms with van der Waals surface area (Å²) in [5.74, 6) is 2.02. The highest BCUT2D eigenvalue weighted by Crippen LogP contribution is 2.36. The van der Waals surface area contributed by atoms with Crippen LogP contribution in [0.2, 0.25) is 5.15 Å². The minimum absolute atomic E-state index is 0.0390. The Morgan fingerprint density at radius 3 is 2.71 bits per heavy atom. The summed E-state index contributed by atoms with van der Waals surface area (Å²) in [5.41, 5.74) is 2.96. The maximum atomic E-state index is 11.9. The Morgan fingerprint density at radius 2 is 2.00 bits per heavy atom. The molecule has 0 amide bonds. The molecule has 1 aliphatic heterocycles. The van der Waals surface area contributed by atoms with Crippen molar-refractivity contribution in [1.29, 1.82) is 0 Å². The van der Waals surface area contributed by atoms with Gasteiger partial charge in [-0.1, -0.05) is 31.5 Å². The van der Waals surface area contributed by atoms with Crippen LogP contribution in [0.3, 0.4) is 0 Å². The largest absolute Gasteiger partial charge is 0.598 e. The molecule has 5 rings (SSSR count). The number of benzene rings is 1. The Hall–Kier alpha value is -2.96. The van der Waals surface area contributed by atoms with Crippen molar-refractivity contribution >= 4 is 51.1 Å². The van der Waals surface area contributed by atoms with Crippen LogP contribution in [-0.2, 0) is 17.9 Å². The average molecular weight is 555 g/mol. The summed E-state index contributed by atoms with van der Waals surface area (Å²) >= 11 is 5.31. The molecule has 1 atom stereocenters. The van der Waals surface area contributed by atoms with Crippen molar-refractivity contribution in [2.45, 2.75) is 32.4 Å². The molecule has 10 nitrogen and oxygen atoms in total. The number of aliphatic hydroxyl groups is 1. The monoisotopic (exact) mass is 554 g/mol. The third-order valence-electron chi connectivity index (χ3n) is 6.85. The van der Waals surface area contributed by atoms with Gasteiger partial charge in [0.15, 0.2) is 11.0 Å². The first-order valence-electron chi connectivity index (χ1n) is 12.4. The van der Waals surface area contributed by atoms with E-state index in [0.717, 1.165) is 29.5 Å². The smallest absolute Gasteiger partial charge is 0.166 e. The van der Waals surface area contributed by atoms with Gasteiger partial charge in [0.25, 0.3) is 0 Å². The lowest BCUT2D eigenvalue weighted by atomic mass is 9.94. The number of fused-ring (bicyclic) bond motifs is 1. The third-order valence-corrected chi connectivity index (χ3v) is 8.24. The maximum absolute atomic E-state index is 11.9. The number of pyridine rings is 1. The number of hydrogen-bond acceptors (Lipinski definition) is 9. The molecule has 3 aromatic heterocycles. The van der Waals surface area contributed by atoms with E-state index >= 15 is 0 Å². The Balaban J connectivity index is 1.43. The van der Waals surface area contributed by atoms with Gasteiger partial charge in [0.2, 0.25) is 0 Å². The molecule has 1 aliphatic rings. The normalized spacial score (nSPS) is 14.9. The van der Waals surface area contributed by atoms with E-state index in [2.05, 4.69) is 57.3 Å². The molecule has 4 heterocycles. The molecule has 1 unspecified atom stereocenters. The number of aromatic nitrogens is 5. The maximum Gasteiger partial charge on any atom is 0.166 e. The van der Waals surface area contributed by atoms with Crippen molar-refractivity contribution in [1.82, 2.24) is 29.0 Å². The zero-order chi connectivity index (χ0) is 27.0. The fourth-order valence-electron chi connectivity index (χ4n) is 4.64. The number of likely N-dealkylation sites (N-methyl/N-ethyl adjacent to an activating group) is 1. The van der Waals surface area contributed by atoms with Crippen molar-refractivity contribution in [3.63, 3.8) is 0 Å². The van der Waals surface area contributed by atoms with Crippen LogP contribution in [0, 0.1) is 0 Å². The quantitative estimate of drug-likeness (QED) is 0.298. The zero-order valence-corrected chi connectivity index (χ0v) is 23.4. The van der Waals surface area contributed by atoms with E-state index < -0.39 is 11.4 Å². The lowest BCUT2D eigenvalue weighted by Gasteiger charge is -2.44. The summed E-state index contributed by atoms with van der Waals surface area (Å²) in [6.07, 6.45) is 7.00. The van der Waals surface area contributed by atoms with Crippen molar-refractivity contribution in [2.75, 3.05) is 43.2 Å². The van der Waals surface area contributed by atoms with E-state index in [1.54, 1.807) is 29.4 Å². The lowest BCUT2D eigenvalue weighted by molar-refractivity contribution is 0.269. The summed E-state index contributed by atoms with van der Waals surface area (Å²) in [7, 11) is 1.91. The van der Waals surface area contributed by atoms with Gasteiger partial charge in [0.1, 0.15) is 17.9 Å². The van der Waals surface area contributed by atoms with Gasteiger partial charge in [-0.2, -0.15) is 5.10 Å². The second-order valence-electron chi connectivity index (χ2n) is 9.68. The van der Waals surface area contributed by atoms with Gasteiger partial charge >= 0.3 is 0 Å². The van der Waals surface area contributed by atoms with Crippen molar-refractivity contribution in [3.8, 4) is 11.4 Å². The third kappa shape index (κ3) is 5.29. The minimum Gasteiger partial charge on any atom is -0.598 e. The highest BCUT2D eigenvalue weighted by Gasteiger charge is 2.35. The first-order chi connectivity index (χ1) is 18.2. The SMILES string of the molecule is CC(C)c1ccc(N2CC(N(C)[S+](C)[O-])C2)c2cnc(Nc3ccnc(-c4cn(CCO)nc4Cl)n3)cc12. The fourth-order valence-corrected chi connectivity index (χ4v) is 5.42. The van der Waals surface area contributed by atoms with Gasteiger partial charge in [-0.05, 0) is 35.1 Å². The molecular formula is C26H31ClN8O2S. The van der Waals surface area contributed by atoms with E-state index in [0.29, 0.717) is 35.5 Å². The summed E-state index contributed by atoms with van der Waals surface area (Å²) in [4.78, 5) is 16.0. The Morgan fingerprint density at radius 1 is 1.21 bits per heavy atom. The van der Waals surface area contributed by atoms with Crippen molar-refractivity contribution in [3.05, 3.63) is 53.6 Å². The van der Waals surface area contributed by atoms with E-state index in [1.807, 2.05) is 17.5 Å². The van der Waals surface area contributed by atoms with E-state index in [9.17, 15) is 9.66 Å². The van der Waals surface area contributed by atoms with Gasteiger partial charge in [-0.15, -0.1) is 4.31 Å². The average Bonchev–Trinajstić information content (AvgIpc) is 3.23. The van der Waals surface area contributed by atoms with Gasteiger partial charge in [0, 0.05) is 61.2 Å².